The van der Waals surface area contributed by atoms with Crippen molar-refractivity contribution in [3.05, 3.63) is 28.8 Å². The zero-order valence-electron chi connectivity index (χ0n) is 12.5. The largest absolute Gasteiger partial charge is 0.496 e. The molecule has 0 amide bonds. The van der Waals surface area contributed by atoms with Crippen LogP contribution in [0.2, 0.25) is 5.02 Å². The van der Waals surface area contributed by atoms with E-state index in [1.54, 1.807) is 13.2 Å². The molecular weight excluding hydrogens is 274 g/mol. The minimum Gasteiger partial charge on any atom is -0.496 e. The van der Waals surface area contributed by atoms with Crippen molar-refractivity contribution >= 4 is 11.6 Å². The van der Waals surface area contributed by atoms with Crippen molar-refractivity contribution in [3.63, 3.8) is 0 Å². The highest BCUT2D eigenvalue weighted by atomic mass is 35.5. The van der Waals surface area contributed by atoms with Gasteiger partial charge in [-0.2, -0.15) is 0 Å². The van der Waals surface area contributed by atoms with Crippen molar-refractivity contribution in [2.75, 3.05) is 26.7 Å². The number of rotatable bonds is 4. The van der Waals surface area contributed by atoms with E-state index in [0.29, 0.717) is 16.7 Å². The van der Waals surface area contributed by atoms with Gasteiger partial charge in [-0.25, -0.2) is 0 Å². The maximum absolute atomic E-state index is 11.0. The van der Waals surface area contributed by atoms with Crippen LogP contribution in [0.4, 0.5) is 0 Å². The first kappa shape index (κ1) is 15.6. The Morgan fingerprint density at radius 1 is 1.35 bits per heavy atom. The summed E-state index contributed by atoms with van der Waals surface area (Å²) in [5, 5.41) is 11.6. The quantitative estimate of drug-likeness (QED) is 0.926. The average molecular weight is 298 g/mol. The molecule has 1 aromatic rings. The van der Waals surface area contributed by atoms with Gasteiger partial charge >= 0.3 is 0 Å². The highest BCUT2D eigenvalue weighted by molar-refractivity contribution is 6.30. The molecule has 0 spiro atoms. The fourth-order valence-electron chi connectivity index (χ4n) is 2.94. The number of halogens is 1. The second-order valence-corrected chi connectivity index (χ2v) is 6.51. The highest BCUT2D eigenvalue weighted by Crippen LogP contribution is 2.39. The Morgan fingerprint density at radius 3 is 2.55 bits per heavy atom. The molecule has 2 rings (SSSR count). The van der Waals surface area contributed by atoms with E-state index in [9.17, 15) is 5.11 Å². The molecule has 0 radical (unpaired) electrons. The van der Waals surface area contributed by atoms with Crippen molar-refractivity contribution in [3.8, 4) is 5.75 Å². The Labute approximate surface area is 126 Å². The van der Waals surface area contributed by atoms with Crippen molar-refractivity contribution in [2.24, 2.45) is 5.92 Å². The third-order valence-electron chi connectivity index (χ3n) is 3.97. The number of piperidine rings is 1. The molecule has 0 aliphatic carbocycles. The number of likely N-dealkylation sites (tertiary alicyclic amines) is 1. The van der Waals surface area contributed by atoms with Gasteiger partial charge in [0.05, 0.1) is 12.7 Å². The summed E-state index contributed by atoms with van der Waals surface area (Å²) in [5.41, 5.74) is -0.0133. The zero-order valence-corrected chi connectivity index (χ0v) is 13.3. The Hall–Kier alpha value is -0.770. The molecular formula is C16H24ClNO2. The normalized spacial score (nSPS) is 19.3. The van der Waals surface area contributed by atoms with Gasteiger partial charge in [0.25, 0.3) is 0 Å². The van der Waals surface area contributed by atoms with E-state index >= 15 is 0 Å². The summed E-state index contributed by atoms with van der Waals surface area (Å²) in [6, 6.07) is 5.45. The molecule has 3 nitrogen and oxygen atoms in total. The molecule has 1 aliphatic rings. The molecule has 0 unspecified atom stereocenters. The van der Waals surface area contributed by atoms with Gasteiger partial charge in [0.15, 0.2) is 0 Å². The lowest BCUT2D eigenvalue weighted by molar-refractivity contribution is -0.0294. The second-order valence-electron chi connectivity index (χ2n) is 6.07. The number of hydrogen-bond acceptors (Lipinski definition) is 3. The monoisotopic (exact) mass is 297 g/mol. The summed E-state index contributed by atoms with van der Waals surface area (Å²) in [6.07, 6.45) is 1.44. The van der Waals surface area contributed by atoms with Gasteiger partial charge in [0, 0.05) is 30.2 Å². The summed E-state index contributed by atoms with van der Waals surface area (Å²) in [5.74, 6) is 1.37. The molecule has 4 heteroatoms. The Balaban J connectivity index is 2.15. The SMILES string of the molecule is COc1ccc(Cl)cc1C1(O)CCN(CC(C)C)CC1. The van der Waals surface area contributed by atoms with Crippen LogP contribution in [-0.2, 0) is 5.60 Å². The van der Waals surface area contributed by atoms with E-state index in [1.807, 2.05) is 12.1 Å². The Morgan fingerprint density at radius 2 is 2.00 bits per heavy atom. The molecule has 0 atom stereocenters. The third-order valence-corrected chi connectivity index (χ3v) is 4.20. The summed E-state index contributed by atoms with van der Waals surface area (Å²) < 4.78 is 5.38. The topological polar surface area (TPSA) is 32.7 Å². The lowest BCUT2D eigenvalue weighted by atomic mass is 9.83. The smallest absolute Gasteiger partial charge is 0.125 e. The van der Waals surface area contributed by atoms with E-state index in [1.165, 1.54) is 0 Å². The zero-order chi connectivity index (χ0) is 14.8. The third kappa shape index (κ3) is 3.46. The van der Waals surface area contributed by atoms with Crippen molar-refractivity contribution < 1.29 is 9.84 Å². The lowest BCUT2D eigenvalue weighted by Gasteiger charge is -2.39. The van der Waals surface area contributed by atoms with Gasteiger partial charge in [0.2, 0.25) is 0 Å². The Kier molecular flexibility index (Phi) is 4.95. The number of nitrogens with zero attached hydrogens (tertiary/aromatic N) is 1. The van der Waals surface area contributed by atoms with Gasteiger partial charge in [0.1, 0.15) is 5.75 Å². The fraction of sp³-hybridized carbons (Fsp3) is 0.625. The molecule has 20 heavy (non-hydrogen) atoms. The minimum atomic E-state index is -0.830. The van der Waals surface area contributed by atoms with E-state index in [-0.39, 0.29) is 0 Å². The average Bonchev–Trinajstić information content (AvgIpc) is 2.41. The molecule has 0 saturated carbocycles. The number of methoxy groups -OCH3 is 1. The van der Waals surface area contributed by atoms with E-state index in [0.717, 1.165) is 38.0 Å². The number of hydrogen-bond donors (Lipinski definition) is 1. The number of benzene rings is 1. The summed E-state index contributed by atoms with van der Waals surface area (Å²) in [7, 11) is 1.63. The van der Waals surface area contributed by atoms with Crippen LogP contribution in [0, 0.1) is 5.92 Å². The molecule has 1 aliphatic heterocycles. The van der Waals surface area contributed by atoms with Crippen LogP contribution in [0.25, 0.3) is 0 Å². The van der Waals surface area contributed by atoms with Crippen LogP contribution in [-0.4, -0.2) is 36.8 Å². The predicted octanol–water partition coefficient (Wildman–Crippen LogP) is 3.29. The van der Waals surface area contributed by atoms with Gasteiger partial charge in [-0.3, -0.25) is 0 Å². The maximum atomic E-state index is 11.0. The molecule has 1 fully saturated rings. The standard InChI is InChI=1S/C16H24ClNO2/c1-12(2)11-18-8-6-16(19,7-9-18)14-10-13(17)4-5-15(14)20-3/h4-5,10,12,19H,6-9,11H2,1-3H3. The van der Waals surface area contributed by atoms with Crippen LogP contribution >= 0.6 is 11.6 Å². The second kappa shape index (κ2) is 6.33. The lowest BCUT2D eigenvalue weighted by Crippen LogP contribution is -2.43. The summed E-state index contributed by atoms with van der Waals surface area (Å²) >= 11 is 6.08. The summed E-state index contributed by atoms with van der Waals surface area (Å²) in [6.45, 7) is 7.35. The van der Waals surface area contributed by atoms with Crippen molar-refractivity contribution in [2.45, 2.75) is 32.3 Å². The van der Waals surface area contributed by atoms with Crippen LogP contribution in [0.15, 0.2) is 18.2 Å². The maximum Gasteiger partial charge on any atom is 0.125 e. The van der Waals surface area contributed by atoms with E-state index in [4.69, 9.17) is 16.3 Å². The molecule has 112 valence electrons. The number of aliphatic hydroxyl groups is 1. The van der Waals surface area contributed by atoms with Crippen LogP contribution < -0.4 is 4.74 Å². The number of ether oxygens (including phenoxy) is 1. The summed E-state index contributed by atoms with van der Waals surface area (Å²) in [4.78, 5) is 2.41. The predicted molar refractivity (Wildman–Crippen MR) is 82.4 cm³/mol. The first-order valence-electron chi connectivity index (χ1n) is 7.23. The van der Waals surface area contributed by atoms with Crippen molar-refractivity contribution in [1.29, 1.82) is 0 Å². The fourth-order valence-corrected chi connectivity index (χ4v) is 3.11. The first-order valence-corrected chi connectivity index (χ1v) is 7.61. The van der Waals surface area contributed by atoms with Gasteiger partial charge in [-0.15, -0.1) is 0 Å². The van der Waals surface area contributed by atoms with Crippen LogP contribution in [0.3, 0.4) is 0 Å². The molecule has 1 aromatic carbocycles. The molecule has 0 bridgehead atoms. The van der Waals surface area contributed by atoms with Gasteiger partial charge < -0.3 is 14.7 Å². The minimum absolute atomic E-state index is 0.638. The molecule has 1 N–H and O–H groups in total. The first-order chi connectivity index (χ1) is 9.44. The van der Waals surface area contributed by atoms with E-state index < -0.39 is 5.60 Å². The van der Waals surface area contributed by atoms with Gasteiger partial charge in [-0.05, 0) is 37.0 Å². The molecule has 1 saturated heterocycles. The highest BCUT2D eigenvalue weighted by Gasteiger charge is 2.36. The van der Waals surface area contributed by atoms with Crippen LogP contribution in [0.1, 0.15) is 32.3 Å². The molecule has 0 aromatic heterocycles. The van der Waals surface area contributed by atoms with Crippen molar-refractivity contribution in [1.82, 2.24) is 4.90 Å². The molecule has 1 heterocycles. The van der Waals surface area contributed by atoms with E-state index in [2.05, 4.69) is 18.7 Å². The van der Waals surface area contributed by atoms with Gasteiger partial charge in [-0.1, -0.05) is 25.4 Å². The van der Waals surface area contributed by atoms with Crippen LogP contribution in [0.5, 0.6) is 5.75 Å². The Bertz CT molecular complexity index is 454.